The van der Waals surface area contributed by atoms with Crippen LogP contribution in [0.15, 0.2) is 54.0 Å². The summed E-state index contributed by atoms with van der Waals surface area (Å²) in [5, 5.41) is 5.59. The molecule has 1 N–H and O–H groups in total. The Morgan fingerprint density at radius 2 is 2.08 bits per heavy atom. The first-order chi connectivity index (χ1) is 11.8. The van der Waals surface area contributed by atoms with Crippen LogP contribution in [-0.4, -0.2) is 29.2 Å². The highest BCUT2D eigenvalue weighted by Gasteiger charge is 2.26. The van der Waals surface area contributed by atoms with E-state index in [4.69, 9.17) is 4.74 Å². The van der Waals surface area contributed by atoms with Crippen molar-refractivity contribution in [1.29, 1.82) is 0 Å². The van der Waals surface area contributed by atoms with Crippen molar-refractivity contribution < 1.29 is 9.53 Å². The normalized spacial score (nSPS) is 13.1. The lowest BCUT2D eigenvalue weighted by atomic mass is 10.3. The first-order valence-corrected chi connectivity index (χ1v) is 8.36. The highest BCUT2D eigenvalue weighted by Crippen LogP contribution is 2.33. The molecule has 4 rings (SSSR count). The third-order valence-corrected chi connectivity index (χ3v) is 4.38. The van der Waals surface area contributed by atoms with E-state index in [-0.39, 0.29) is 6.03 Å². The number of nitrogens with zero attached hydrogens (tertiary/aromatic N) is 3. The van der Waals surface area contributed by atoms with Gasteiger partial charge in [-0.15, -0.1) is 11.3 Å². The van der Waals surface area contributed by atoms with Crippen LogP contribution in [0.3, 0.4) is 0 Å². The molecule has 3 heterocycles. The van der Waals surface area contributed by atoms with Crippen molar-refractivity contribution in [3.8, 4) is 16.5 Å². The minimum Gasteiger partial charge on any atom is -0.488 e. The summed E-state index contributed by atoms with van der Waals surface area (Å²) in [6.07, 6.45) is 1.73. The molecule has 0 saturated heterocycles. The Morgan fingerprint density at radius 3 is 2.88 bits per heavy atom. The quantitative estimate of drug-likeness (QED) is 0.775. The number of carbonyl (C=O) groups excluding carboxylic acids is 1. The molecule has 0 unspecified atom stereocenters. The van der Waals surface area contributed by atoms with Crippen LogP contribution in [0.1, 0.15) is 0 Å². The molecular formula is C17H14N4O2S. The average Bonchev–Trinajstić information content (AvgIpc) is 3.16. The first-order valence-electron chi connectivity index (χ1n) is 7.48. The first kappa shape index (κ1) is 14.6. The molecule has 0 bridgehead atoms. The molecule has 1 aliphatic rings. The van der Waals surface area contributed by atoms with Crippen LogP contribution in [0.2, 0.25) is 0 Å². The fourth-order valence-corrected chi connectivity index (χ4v) is 3.08. The molecule has 6 nitrogen and oxygen atoms in total. The van der Waals surface area contributed by atoms with Crippen molar-refractivity contribution in [2.45, 2.75) is 0 Å². The monoisotopic (exact) mass is 338 g/mol. The van der Waals surface area contributed by atoms with Crippen molar-refractivity contribution in [2.24, 2.45) is 0 Å². The van der Waals surface area contributed by atoms with Crippen LogP contribution in [0, 0.1) is 0 Å². The lowest BCUT2D eigenvalue weighted by Crippen LogP contribution is -2.41. The summed E-state index contributed by atoms with van der Waals surface area (Å²) >= 11 is 1.51. The number of nitrogens with one attached hydrogen (secondary N) is 1. The van der Waals surface area contributed by atoms with Gasteiger partial charge in [0.15, 0.2) is 11.6 Å². The van der Waals surface area contributed by atoms with Crippen LogP contribution < -0.4 is 15.0 Å². The van der Waals surface area contributed by atoms with Gasteiger partial charge >= 0.3 is 6.03 Å². The third kappa shape index (κ3) is 2.81. The summed E-state index contributed by atoms with van der Waals surface area (Å²) in [5.41, 5.74) is 1.47. The number of para-hydroxylation sites is 1. The second kappa shape index (κ2) is 6.29. The van der Waals surface area contributed by atoms with Crippen molar-refractivity contribution >= 4 is 28.9 Å². The van der Waals surface area contributed by atoms with Gasteiger partial charge in [0.2, 0.25) is 0 Å². The van der Waals surface area contributed by atoms with E-state index in [9.17, 15) is 4.79 Å². The summed E-state index contributed by atoms with van der Waals surface area (Å²) in [6.45, 7) is 0.882. The Morgan fingerprint density at radius 1 is 1.21 bits per heavy atom. The van der Waals surface area contributed by atoms with Gasteiger partial charge in [-0.2, -0.15) is 0 Å². The second-order valence-electron chi connectivity index (χ2n) is 5.15. The maximum absolute atomic E-state index is 12.6. The predicted molar refractivity (Wildman–Crippen MR) is 93.6 cm³/mol. The molecule has 2 aromatic heterocycles. The number of rotatable bonds is 2. The molecular weight excluding hydrogens is 324 g/mol. The van der Waals surface area contributed by atoms with Crippen molar-refractivity contribution in [2.75, 3.05) is 23.4 Å². The number of hydrogen-bond acceptors (Lipinski definition) is 5. The van der Waals surface area contributed by atoms with Gasteiger partial charge in [0.1, 0.15) is 17.3 Å². The van der Waals surface area contributed by atoms with Crippen molar-refractivity contribution in [1.82, 2.24) is 9.97 Å². The van der Waals surface area contributed by atoms with E-state index in [1.807, 2.05) is 47.8 Å². The van der Waals surface area contributed by atoms with Gasteiger partial charge in [-0.25, -0.2) is 14.8 Å². The van der Waals surface area contributed by atoms with E-state index in [0.29, 0.717) is 24.7 Å². The lowest BCUT2D eigenvalue weighted by Gasteiger charge is -2.28. The topological polar surface area (TPSA) is 67.4 Å². The maximum atomic E-state index is 12.6. The minimum absolute atomic E-state index is 0.227. The largest absolute Gasteiger partial charge is 0.488 e. The fourth-order valence-electron chi connectivity index (χ4n) is 2.47. The number of thiazole rings is 1. The molecule has 0 atom stereocenters. The van der Waals surface area contributed by atoms with Gasteiger partial charge in [-0.1, -0.05) is 18.2 Å². The highest BCUT2D eigenvalue weighted by molar-refractivity contribution is 7.13. The number of amides is 2. The Kier molecular flexibility index (Phi) is 3.84. The van der Waals surface area contributed by atoms with Gasteiger partial charge in [-0.3, -0.25) is 4.90 Å². The smallest absolute Gasteiger partial charge is 0.327 e. The van der Waals surface area contributed by atoms with Crippen LogP contribution in [0.25, 0.3) is 10.7 Å². The molecule has 0 spiro atoms. The molecule has 0 saturated carbocycles. The summed E-state index contributed by atoms with van der Waals surface area (Å²) in [6, 6.07) is 12.8. The van der Waals surface area contributed by atoms with E-state index in [0.717, 1.165) is 16.4 Å². The summed E-state index contributed by atoms with van der Waals surface area (Å²) in [7, 11) is 0. The van der Waals surface area contributed by atoms with Gasteiger partial charge in [-0.05, 0) is 24.3 Å². The van der Waals surface area contributed by atoms with Gasteiger partial charge < -0.3 is 10.1 Å². The molecule has 0 aliphatic carbocycles. The third-order valence-electron chi connectivity index (χ3n) is 3.59. The molecule has 3 aromatic rings. The zero-order chi connectivity index (χ0) is 16.4. The number of anilines is 2. The standard InChI is InChI=1S/C17H14N4O2S/c22-17(19-12-4-2-1-3-5-12)21-9-10-23-14-7-6-13(20-15(14)21)16-18-8-11-24-16/h1-8,11H,9-10H2,(H,19,22). The zero-order valence-electron chi connectivity index (χ0n) is 12.7. The number of fused-ring (bicyclic) bond motifs is 1. The van der Waals surface area contributed by atoms with E-state index in [2.05, 4.69) is 15.3 Å². The Labute approximate surface area is 142 Å². The minimum atomic E-state index is -0.227. The van der Waals surface area contributed by atoms with Crippen LogP contribution in [0.4, 0.5) is 16.3 Å². The van der Waals surface area contributed by atoms with Gasteiger partial charge in [0, 0.05) is 17.3 Å². The summed E-state index contributed by atoms with van der Waals surface area (Å²) in [4.78, 5) is 23.1. The van der Waals surface area contributed by atoms with Gasteiger partial charge in [0.05, 0.1) is 6.54 Å². The second-order valence-corrected chi connectivity index (χ2v) is 6.05. The summed E-state index contributed by atoms with van der Waals surface area (Å²) in [5.74, 6) is 1.12. The molecule has 2 amide bonds. The molecule has 0 fully saturated rings. The molecule has 24 heavy (non-hydrogen) atoms. The molecule has 1 aromatic carbocycles. The van der Waals surface area contributed by atoms with E-state index < -0.39 is 0 Å². The SMILES string of the molecule is O=C(Nc1ccccc1)N1CCOc2ccc(-c3nccs3)nc21. The van der Waals surface area contributed by atoms with Crippen LogP contribution >= 0.6 is 11.3 Å². The molecule has 0 radical (unpaired) electrons. The van der Waals surface area contributed by atoms with E-state index in [1.54, 1.807) is 11.1 Å². The number of urea groups is 1. The number of hydrogen-bond donors (Lipinski definition) is 1. The van der Waals surface area contributed by atoms with Crippen molar-refractivity contribution in [3.05, 3.63) is 54.0 Å². The Bertz CT molecular complexity index is 852. The number of ether oxygens (including phenoxy) is 1. The molecule has 120 valence electrons. The molecule has 1 aliphatic heterocycles. The number of carbonyl (C=O) groups is 1. The van der Waals surface area contributed by atoms with Crippen LogP contribution in [0.5, 0.6) is 5.75 Å². The van der Waals surface area contributed by atoms with Crippen LogP contribution in [-0.2, 0) is 0 Å². The Hall–Kier alpha value is -2.93. The highest BCUT2D eigenvalue weighted by atomic mass is 32.1. The van der Waals surface area contributed by atoms with Gasteiger partial charge in [0.25, 0.3) is 0 Å². The molecule has 7 heteroatoms. The zero-order valence-corrected chi connectivity index (χ0v) is 13.5. The van der Waals surface area contributed by atoms with E-state index >= 15 is 0 Å². The maximum Gasteiger partial charge on any atom is 0.327 e. The summed E-state index contributed by atoms with van der Waals surface area (Å²) < 4.78 is 5.63. The number of benzene rings is 1. The number of aromatic nitrogens is 2. The fraction of sp³-hybridized carbons (Fsp3) is 0.118. The average molecular weight is 338 g/mol. The predicted octanol–water partition coefficient (Wildman–Crippen LogP) is 3.64. The van der Waals surface area contributed by atoms with E-state index in [1.165, 1.54) is 11.3 Å². The van der Waals surface area contributed by atoms with Crippen molar-refractivity contribution in [3.63, 3.8) is 0 Å². The lowest BCUT2D eigenvalue weighted by molar-refractivity contribution is 0.249. The Balaban J connectivity index is 1.64. The number of pyridine rings is 1.